The van der Waals surface area contributed by atoms with E-state index in [1.807, 2.05) is 13.8 Å². The lowest BCUT2D eigenvalue weighted by molar-refractivity contribution is -0.116. The van der Waals surface area contributed by atoms with Gasteiger partial charge in [-0.1, -0.05) is 13.8 Å². The van der Waals surface area contributed by atoms with Gasteiger partial charge in [-0.25, -0.2) is 0 Å². The smallest absolute Gasteiger partial charge is 0.255 e. The van der Waals surface area contributed by atoms with Gasteiger partial charge < -0.3 is 15.4 Å². The molecule has 0 radical (unpaired) electrons. The molecule has 2 amide bonds. The van der Waals surface area contributed by atoms with Gasteiger partial charge in [-0.2, -0.15) is 0 Å². The van der Waals surface area contributed by atoms with Gasteiger partial charge in [-0.15, -0.1) is 0 Å². The van der Waals surface area contributed by atoms with Crippen molar-refractivity contribution in [3.05, 3.63) is 54.1 Å². The molecule has 0 unspecified atom stereocenters. The highest BCUT2D eigenvalue weighted by molar-refractivity contribution is 6.04. The number of ether oxygens (including phenoxy) is 1. The van der Waals surface area contributed by atoms with Crippen molar-refractivity contribution in [2.45, 2.75) is 33.1 Å². The molecule has 2 aromatic rings. The minimum absolute atomic E-state index is 0.00957. The normalized spacial score (nSPS) is 10.2. The third kappa shape index (κ3) is 5.95. The van der Waals surface area contributed by atoms with Crippen molar-refractivity contribution in [1.82, 2.24) is 0 Å². The van der Waals surface area contributed by atoms with Crippen molar-refractivity contribution < 1.29 is 14.3 Å². The minimum Gasteiger partial charge on any atom is -0.494 e. The fourth-order valence-corrected chi connectivity index (χ4v) is 2.21. The quantitative estimate of drug-likeness (QED) is 0.745. The van der Waals surface area contributed by atoms with E-state index in [0.717, 1.165) is 18.6 Å². The number of amides is 2. The molecule has 0 saturated heterocycles. The second-order valence-electron chi connectivity index (χ2n) is 5.70. The van der Waals surface area contributed by atoms with Gasteiger partial charge in [0, 0.05) is 23.4 Å². The van der Waals surface area contributed by atoms with Crippen LogP contribution >= 0.6 is 0 Å². The van der Waals surface area contributed by atoms with E-state index in [2.05, 4.69) is 10.6 Å². The van der Waals surface area contributed by atoms with Crippen molar-refractivity contribution in [2.24, 2.45) is 0 Å². The van der Waals surface area contributed by atoms with Crippen molar-refractivity contribution >= 4 is 23.2 Å². The Morgan fingerprint density at radius 1 is 0.840 bits per heavy atom. The zero-order chi connectivity index (χ0) is 18.1. The summed E-state index contributed by atoms with van der Waals surface area (Å²) < 4.78 is 5.50. The van der Waals surface area contributed by atoms with E-state index in [1.54, 1.807) is 48.5 Å². The lowest BCUT2D eigenvalue weighted by atomic mass is 10.2. The summed E-state index contributed by atoms with van der Waals surface area (Å²) in [6.07, 6.45) is 2.25. The van der Waals surface area contributed by atoms with Gasteiger partial charge in [-0.05, 0) is 61.4 Å². The first kappa shape index (κ1) is 18.5. The molecule has 5 heteroatoms. The summed E-state index contributed by atoms with van der Waals surface area (Å²) in [4.78, 5) is 23.8. The van der Waals surface area contributed by atoms with Crippen molar-refractivity contribution in [1.29, 1.82) is 0 Å². The largest absolute Gasteiger partial charge is 0.494 e. The number of carbonyl (C=O) groups is 2. The predicted molar refractivity (Wildman–Crippen MR) is 100 cm³/mol. The maximum atomic E-state index is 12.3. The molecular weight excluding hydrogens is 316 g/mol. The summed E-state index contributed by atoms with van der Waals surface area (Å²) in [7, 11) is 0. The highest BCUT2D eigenvalue weighted by Gasteiger charge is 2.07. The molecule has 0 fully saturated rings. The Balaban J connectivity index is 1.92. The van der Waals surface area contributed by atoms with Crippen LogP contribution < -0.4 is 15.4 Å². The van der Waals surface area contributed by atoms with Crippen LogP contribution in [0.25, 0.3) is 0 Å². The van der Waals surface area contributed by atoms with Gasteiger partial charge in [0.25, 0.3) is 5.91 Å². The maximum absolute atomic E-state index is 12.3. The molecule has 0 heterocycles. The number of carbonyl (C=O) groups excluding carboxylic acids is 2. The van der Waals surface area contributed by atoms with Crippen LogP contribution in [0.1, 0.15) is 43.5 Å². The van der Waals surface area contributed by atoms with Gasteiger partial charge in [-0.3, -0.25) is 9.59 Å². The number of anilines is 2. The summed E-state index contributed by atoms with van der Waals surface area (Å²) in [5.74, 6) is 0.556. The summed E-state index contributed by atoms with van der Waals surface area (Å²) in [5.41, 5.74) is 1.95. The molecule has 2 N–H and O–H groups in total. The van der Waals surface area contributed by atoms with Crippen LogP contribution in [0.15, 0.2) is 48.5 Å². The average Bonchev–Trinajstić information content (AvgIpc) is 2.62. The zero-order valence-corrected chi connectivity index (χ0v) is 14.7. The number of rotatable bonds is 8. The van der Waals surface area contributed by atoms with E-state index < -0.39 is 0 Å². The number of hydrogen-bond donors (Lipinski definition) is 2. The molecule has 0 aliphatic rings. The molecule has 2 rings (SSSR count). The highest BCUT2D eigenvalue weighted by Crippen LogP contribution is 2.17. The fourth-order valence-electron chi connectivity index (χ4n) is 2.21. The molecule has 0 saturated carbocycles. The Kier molecular flexibility index (Phi) is 7.01. The summed E-state index contributed by atoms with van der Waals surface area (Å²) in [6.45, 7) is 4.66. The van der Waals surface area contributed by atoms with Crippen LogP contribution in [0.4, 0.5) is 11.4 Å². The second kappa shape index (κ2) is 9.47. The Morgan fingerprint density at radius 2 is 1.44 bits per heavy atom. The van der Waals surface area contributed by atoms with Gasteiger partial charge in [0.1, 0.15) is 5.75 Å². The van der Waals surface area contributed by atoms with E-state index in [-0.39, 0.29) is 11.8 Å². The SMILES string of the molecule is CCCOc1ccc(C(=O)Nc2ccc(NC(=O)CCC)cc2)cc1. The van der Waals surface area contributed by atoms with Crippen molar-refractivity contribution in [2.75, 3.05) is 17.2 Å². The molecule has 25 heavy (non-hydrogen) atoms. The van der Waals surface area contributed by atoms with Gasteiger partial charge in [0.05, 0.1) is 6.61 Å². The molecule has 0 aliphatic carbocycles. The Labute approximate surface area is 148 Å². The van der Waals surface area contributed by atoms with Gasteiger partial charge >= 0.3 is 0 Å². The summed E-state index contributed by atoms with van der Waals surface area (Å²) in [5, 5.41) is 5.65. The van der Waals surface area contributed by atoms with Crippen LogP contribution in [0.5, 0.6) is 5.75 Å². The molecule has 0 atom stereocenters. The Hall–Kier alpha value is -2.82. The highest BCUT2D eigenvalue weighted by atomic mass is 16.5. The molecule has 0 spiro atoms. The monoisotopic (exact) mass is 340 g/mol. The van der Waals surface area contributed by atoms with E-state index in [0.29, 0.717) is 30.0 Å². The van der Waals surface area contributed by atoms with Crippen LogP contribution in [-0.4, -0.2) is 18.4 Å². The van der Waals surface area contributed by atoms with E-state index in [1.165, 1.54) is 0 Å². The first-order valence-electron chi connectivity index (χ1n) is 8.56. The number of benzene rings is 2. The maximum Gasteiger partial charge on any atom is 0.255 e. The van der Waals surface area contributed by atoms with Crippen molar-refractivity contribution in [3.8, 4) is 5.75 Å². The molecule has 2 aromatic carbocycles. The van der Waals surface area contributed by atoms with Crippen LogP contribution in [-0.2, 0) is 4.79 Å². The number of hydrogen-bond acceptors (Lipinski definition) is 3. The topological polar surface area (TPSA) is 67.4 Å². The molecular formula is C20H24N2O3. The summed E-state index contributed by atoms with van der Waals surface area (Å²) >= 11 is 0. The van der Waals surface area contributed by atoms with Crippen LogP contribution in [0.2, 0.25) is 0 Å². The minimum atomic E-state index is -0.190. The molecule has 0 bridgehead atoms. The van der Waals surface area contributed by atoms with Gasteiger partial charge in [0.15, 0.2) is 0 Å². The second-order valence-corrected chi connectivity index (χ2v) is 5.70. The Morgan fingerprint density at radius 3 is 2.00 bits per heavy atom. The van der Waals surface area contributed by atoms with E-state index in [9.17, 15) is 9.59 Å². The average molecular weight is 340 g/mol. The standard InChI is InChI=1S/C20H24N2O3/c1-3-5-19(23)21-16-8-10-17(11-9-16)22-20(24)15-6-12-18(13-7-15)25-14-4-2/h6-13H,3-5,14H2,1-2H3,(H,21,23)(H,22,24). The van der Waals surface area contributed by atoms with E-state index >= 15 is 0 Å². The third-order valence-corrected chi connectivity index (χ3v) is 3.49. The zero-order valence-electron chi connectivity index (χ0n) is 14.7. The van der Waals surface area contributed by atoms with Gasteiger partial charge in [0.2, 0.25) is 5.91 Å². The lowest BCUT2D eigenvalue weighted by Gasteiger charge is -2.09. The molecule has 132 valence electrons. The number of nitrogens with one attached hydrogen (secondary N) is 2. The van der Waals surface area contributed by atoms with E-state index in [4.69, 9.17) is 4.74 Å². The Bertz CT molecular complexity index is 694. The third-order valence-electron chi connectivity index (χ3n) is 3.49. The van der Waals surface area contributed by atoms with Crippen LogP contribution in [0.3, 0.4) is 0 Å². The lowest BCUT2D eigenvalue weighted by Crippen LogP contribution is -2.12. The van der Waals surface area contributed by atoms with Crippen molar-refractivity contribution in [3.63, 3.8) is 0 Å². The fraction of sp³-hybridized carbons (Fsp3) is 0.300. The van der Waals surface area contributed by atoms with Crippen LogP contribution in [0, 0.1) is 0 Å². The first-order chi connectivity index (χ1) is 12.1. The predicted octanol–water partition coefficient (Wildman–Crippen LogP) is 4.47. The molecule has 0 aliphatic heterocycles. The summed E-state index contributed by atoms with van der Waals surface area (Å²) in [6, 6.07) is 14.1. The molecule has 5 nitrogen and oxygen atoms in total. The molecule has 0 aromatic heterocycles. The first-order valence-corrected chi connectivity index (χ1v) is 8.56.